The number of phenolic OH excluding ortho intramolecular Hbond substituents is 1. The molecule has 5 atom stereocenters. The third-order valence-electron chi connectivity index (χ3n) is 6.01. The van der Waals surface area contributed by atoms with Crippen molar-refractivity contribution >= 4 is 0 Å². The third kappa shape index (κ3) is 3.62. The van der Waals surface area contributed by atoms with Gasteiger partial charge < -0.3 is 25.2 Å². The Morgan fingerprint density at radius 2 is 1.80 bits per heavy atom. The van der Waals surface area contributed by atoms with Crippen LogP contribution < -0.4 is 4.74 Å². The highest BCUT2D eigenvalue weighted by Gasteiger charge is 2.59. The first-order chi connectivity index (χ1) is 14.2. The fourth-order valence-corrected chi connectivity index (χ4v) is 4.45. The lowest BCUT2D eigenvalue weighted by molar-refractivity contribution is -0.0879. The van der Waals surface area contributed by atoms with E-state index in [0.29, 0.717) is 6.54 Å². The normalized spacial score (nSPS) is 29.7. The van der Waals surface area contributed by atoms with Crippen LogP contribution in [0.3, 0.4) is 0 Å². The molecule has 4 rings (SSSR count). The molecule has 1 aliphatic heterocycles. The molecule has 1 saturated carbocycles. The highest BCUT2D eigenvalue weighted by atomic mass is 19.1. The highest BCUT2D eigenvalue weighted by molar-refractivity contribution is 5.31. The maximum atomic E-state index is 13.8. The van der Waals surface area contributed by atoms with E-state index in [-0.39, 0.29) is 36.7 Å². The quantitative estimate of drug-likeness (QED) is 0.583. The summed E-state index contributed by atoms with van der Waals surface area (Å²) in [7, 11) is 0. The number of halogens is 3. The Balaban J connectivity index is 1.41. The first-order valence-electron chi connectivity index (χ1n) is 9.59. The van der Waals surface area contributed by atoms with Crippen LogP contribution >= 0.6 is 0 Å². The van der Waals surface area contributed by atoms with Gasteiger partial charge in [0.25, 0.3) is 0 Å². The lowest BCUT2D eigenvalue weighted by atomic mass is 9.93. The lowest BCUT2D eigenvalue weighted by Crippen LogP contribution is -2.49. The SMILES string of the molecule is Oc1c(F)cc([C@@H](O)CN2C[C@H]3C[C@H](Oc4ccccc4F)[C@H](O)[C@@]3(O)C2)cc1F. The Kier molecular flexibility index (Phi) is 5.39. The minimum Gasteiger partial charge on any atom is -0.503 e. The molecule has 1 saturated heterocycles. The standard InChI is InChI=1S/C21H22F3NO5/c22-13-3-1-2-4-17(13)30-18-7-12-8-25(10-21(12,29)20(18)28)9-16(26)11-5-14(23)19(27)15(24)6-11/h1-6,12,16,18,20,26-29H,7-10H2/t12-,16+,18+,20+,21-/m1/s1. The van der Waals surface area contributed by atoms with Gasteiger partial charge in [0.2, 0.25) is 0 Å². The molecule has 30 heavy (non-hydrogen) atoms. The molecular formula is C21H22F3NO5. The van der Waals surface area contributed by atoms with Gasteiger partial charge in [-0.1, -0.05) is 12.1 Å². The molecule has 0 aromatic heterocycles. The van der Waals surface area contributed by atoms with Crippen molar-refractivity contribution in [3.63, 3.8) is 0 Å². The number of likely N-dealkylation sites (tertiary alicyclic amines) is 1. The van der Waals surface area contributed by atoms with Gasteiger partial charge in [0.05, 0.1) is 6.10 Å². The summed E-state index contributed by atoms with van der Waals surface area (Å²) in [6.07, 6.45) is -3.04. The fraction of sp³-hybridized carbons (Fsp3) is 0.429. The van der Waals surface area contributed by atoms with E-state index in [9.17, 15) is 33.6 Å². The largest absolute Gasteiger partial charge is 0.503 e. The van der Waals surface area contributed by atoms with Crippen molar-refractivity contribution in [3.05, 3.63) is 59.4 Å². The average molecular weight is 425 g/mol. The zero-order valence-electron chi connectivity index (χ0n) is 15.9. The van der Waals surface area contributed by atoms with Crippen LogP contribution in [-0.2, 0) is 0 Å². The second-order valence-electron chi connectivity index (χ2n) is 8.00. The second-order valence-corrected chi connectivity index (χ2v) is 8.00. The summed E-state index contributed by atoms with van der Waals surface area (Å²) in [6.45, 7) is 0.287. The third-order valence-corrected chi connectivity index (χ3v) is 6.01. The van der Waals surface area contributed by atoms with E-state index < -0.39 is 47.1 Å². The molecule has 162 valence electrons. The van der Waals surface area contributed by atoms with E-state index in [1.54, 1.807) is 11.0 Å². The minimum atomic E-state index is -1.51. The zero-order chi connectivity index (χ0) is 21.6. The summed E-state index contributed by atoms with van der Waals surface area (Å²) >= 11 is 0. The molecule has 4 N–H and O–H groups in total. The van der Waals surface area contributed by atoms with Crippen molar-refractivity contribution in [1.82, 2.24) is 4.90 Å². The van der Waals surface area contributed by atoms with Crippen molar-refractivity contribution in [1.29, 1.82) is 0 Å². The average Bonchev–Trinajstić information content (AvgIpc) is 3.12. The van der Waals surface area contributed by atoms with Crippen LogP contribution in [-0.4, -0.2) is 62.8 Å². The van der Waals surface area contributed by atoms with E-state index >= 15 is 0 Å². The molecule has 2 aliphatic rings. The van der Waals surface area contributed by atoms with Crippen molar-refractivity contribution < 1.29 is 38.3 Å². The second kappa shape index (κ2) is 7.73. The number of benzene rings is 2. The summed E-state index contributed by atoms with van der Waals surface area (Å²) in [6, 6.07) is 7.50. The van der Waals surface area contributed by atoms with Gasteiger partial charge >= 0.3 is 0 Å². The number of fused-ring (bicyclic) bond motifs is 1. The smallest absolute Gasteiger partial charge is 0.187 e. The number of ether oxygens (including phenoxy) is 1. The number of para-hydroxylation sites is 1. The van der Waals surface area contributed by atoms with Gasteiger partial charge in [0, 0.05) is 25.6 Å². The van der Waals surface area contributed by atoms with Gasteiger partial charge in [-0.15, -0.1) is 0 Å². The van der Waals surface area contributed by atoms with Crippen LogP contribution in [0.2, 0.25) is 0 Å². The number of nitrogens with zero attached hydrogens (tertiary/aromatic N) is 1. The maximum Gasteiger partial charge on any atom is 0.187 e. The fourth-order valence-electron chi connectivity index (χ4n) is 4.45. The Labute approximate surface area is 170 Å². The van der Waals surface area contributed by atoms with Gasteiger partial charge in [0.1, 0.15) is 17.8 Å². The summed E-state index contributed by atoms with van der Waals surface area (Å²) < 4.78 is 46.5. The number of rotatable bonds is 5. The summed E-state index contributed by atoms with van der Waals surface area (Å²) in [5.74, 6) is -4.42. The van der Waals surface area contributed by atoms with Crippen molar-refractivity contribution in [2.24, 2.45) is 5.92 Å². The number of aromatic hydroxyl groups is 1. The molecule has 0 bridgehead atoms. The lowest BCUT2D eigenvalue weighted by Gasteiger charge is -2.29. The van der Waals surface area contributed by atoms with Gasteiger partial charge in [-0.25, -0.2) is 13.2 Å². The van der Waals surface area contributed by atoms with Gasteiger partial charge in [0.15, 0.2) is 29.0 Å². The molecule has 9 heteroatoms. The maximum absolute atomic E-state index is 13.8. The van der Waals surface area contributed by atoms with Crippen LogP contribution in [0.4, 0.5) is 13.2 Å². The Morgan fingerprint density at radius 3 is 2.43 bits per heavy atom. The van der Waals surface area contributed by atoms with Crippen LogP contribution in [0.5, 0.6) is 11.5 Å². The predicted molar refractivity (Wildman–Crippen MR) is 99.3 cm³/mol. The van der Waals surface area contributed by atoms with E-state index in [0.717, 1.165) is 12.1 Å². The first kappa shape index (κ1) is 20.9. The molecule has 2 aromatic carbocycles. The summed E-state index contributed by atoms with van der Waals surface area (Å²) in [5.41, 5.74) is -1.56. The monoisotopic (exact) mass is 425 g/mol. The predicted octanol–water partition coefficient (Wildman–Crippen LogP) is 1.72. The van der Waals surface area contributed by atoms with Gasteiger partial charge in [-0.2, -0.15) is 0 Å². The van der Waals surface area contributed by atoms with Crippen molar-refractivity contribution in [2.45, 2.75) is 30.3 Å². The summed E-state index contributed by atoms with van der Waals surface area (Å²) in [5, 5.41) is 41.1. The highest BCUT2D eigenvalue weighted by Crippen LogP contribution is 2.44. The number of aliphatic hydroxyl groups is 3. The molecule has 2 fully saturated rings. The summed E-state index contributed by atoms with van der Waals surface area (Å²) in [4.78, 5) is 1.68. The van der Waals surface area contributed by atoms with E-state index in [1.165, 1.54) is 18.2 Å². The van der Waals surface area contributed by atoms with Gasteiger partial charge in [-0.05, 0) is 36.2 Å². The Hall–Kier alpha value is -2.33. The topological polar surface area (TPSA) is 93.4 Å². The van der Waals surface area contributed by atoms with Crippen LogP contribution in [0, 0.1) is 23.4 Å². The molecule has 6 nitrogen and oxygen atoms in total. The molecule has 1 heterocycles. The van der Waals surface area contributed by atoms with E-state index in [2.05, 4.69) is 0 Å². The molecule has 0 radical (unpaired) electrons. The van der Waals surface area contributed by atoms with Crippen molar-refractivity contribution in [3.8, 4) is 11.5 Å². The van der Waals surface area contributed by atoms with Crippen LogP contribution in [0.25, 0.3) is 0 Å². The molecule has 2 aromatic rings. The number of phenols is 1. The molecular weight excluding hydrogens is 403 g/mol. The number of hydrogen-bond acceptors (Lipinski definition) is 6. The number of aliphatic hydroxyl groups excluding tert-OH is 2. The molecule has 0 unspecified atom stereocenters. The van der Waals surface area contributed by atoms with E-state index in [4.69, 9.17) is 4.74 Å². The Bertz CT molecular complexity index is 922. The van der Waals surface area contributed by atoms with Crippen LogP contribution in [0.15, 0.2) is 36.4 Å². The first-order valence-corrected chi connectivity index (χ1v) is 9.59. The molecule has 0 amide bonds. The van der Waals surface area contributed by atoms with Crippen molar-refractivity contribution in [2.75, 3.05) is 19.6 Å². The van der Waals surface area contributed by atoms with Crippen LogP contribution in [0.1, 0.15) is 18.1 Å². The van der Waals surface area contributed by atoms with E-state index in [1.807, 2.05) is 0 Å². The Morgan fingerprint density at radius 1 is 1.13 bits per heavy atom. The van der Waals surface area contributed by atoms with Gasteiger partial charge in [-0.3, -0.25) is 4.90 Å². The zero-order valence-corrected chi connectivity index (χ0v) is 15.9. The number of β-amino-alcohol motifs (C(OH)–C–C–N with tert-alkyl or cyclic N) is 2. The number of hydrogen-bond donors (Lipinski definition) is 4. The molecule has 0 spiro atoms. The molecule has 1 aliphatic carbocycles. The minimum absolute atomic E-state index is 0.00575.